The Hall–Kier alpha value is -1.04. The fourth-order valence-corrected chi connectivity index (χ4v) is 3.44. The van der Waals surface area contributed by atoms with Crippen LogP contribution in [0, 0.1) is 0 Å². The van der Waals surface area contributed by atoms with Crippen molar-refractivity contribution in [2.45, 2.75) is 50.7 Å². The molecule has 1 aliphatic heterocycles. The van der Waals surface area contributed by atoms with Crippen molar-refractivity contribution in [1.29, 1.82) is 0 Å². The quantitative estimate of drug-likeness (QED) is 0.921. The van der Waals surface area contributed by atoms with Crippen molar-refractivity contribution in [2.75, 3.05) is 26.9 Å². The van der Waals surface area contributed by atoms with Gasteiger partial charge in [0.15, 0.2) is 5.82 Å². The molecular weight excluding hydrogens is 266 g/mol. The van der Waals surface area contributed by atoms with Crippen molar-refractivity contribution in [1.82, 2.24) is 15.3 Å². The first-order valence-electron chi connectivity index (χ1n) is 8.01. The molecule has 0 aromatic carbocycles. The van der Waals surface area contributed by atoms with Gasteiger partial charge in [-0.1, -0.05) is 6.92 Å². The zero-order valence-electron chi connectivity index (χ0n) is 13.0. The third kappa shape index (κ3) is 2.82. The van der Waals surface area contributed by atoms with Crippen molar-refractivity contribution >= 4 is 0 Å². The molecule has 1 atom stereocenters. The summed E-state index contributed by atoms with van der Waals surface area (Å²) in [6.07, 6.45) is 7.08. The van der Waals surface area contributed by atoms with Crippen molar-refractivity contribution in [3.8, 4) is 0 Å². The molecule has 0 bridgehead atoms. The van der Waals surface area contributed by atoms with Crippen molar-refractivity contribution in [2.24, 2.45) is 0 Å². The Labute approximate surface area is 126 Å². The van der Waals surface area contributed by atoms with Gasteiger partial charge in [0.05, 0.1) is 0 Å². The Morgan fingerprint density at radius 2 is 2.24 bits per heavy atom. The lowest BCUT2D eigenvalue weighted by atomic mass is 9.90. The SMILES string of the molecule is CCNC1CCCc2nc(C3(OC)CCOCC3)ncc21. The highest BCUT2D eigenvalue weighted by Crippen LogP contribution is 2.35. The molecule has 1 aliphatic carbocycles. The third-order valence-corrected chi connectivity index (χ3v) is 4.73. The topological polar surface area (TPSA) is 56.3 Å². The van der Waals surface area contributed by atoms with Gasteiger partial charge in [0.2, 0.25) is 0 Å². The number of nitrogens with zero attached hydrogens (tertiary/aromatic N) is 2. The maximum atomic E-state index is 5.81. The average Bonchev–Trinajstić information content (AvgIpc) is 2.55. The van der Waals surface area contributed by atoms with Gasteiger partial charge >= 0.3 is 0 Å². The lowest BCUT2D eigenvalue weighted by Crippen LogP contribution is -2.38. The molecule has 0 saturated carbocycles. The lowest BCUT2D eigenvalue weighted by molar-refractivity contribution is -0.100. The van der Waals surface area contributed by atoms with Gasteiger partial charge in [-0.05, 0) is 25.8 Å². The summed E-state index contributed by atoms with van der Waals surface area (Å²) in [5.74, 6) is 0.837. The number of rotatable bonds is 4. The van der Waals surface area contributed by atoms with E-state index < -0.39 is 0 Å². The van der Waals surface area contributed by atoms with Crippen LogP contribution < -0.4 is 5.32 Å². The van der Waals surface area contributed by atoms with Crippen LogP contribution in [0.1, 0.15) is 55.7 Å². The lowest BCUT2D eigenvalue weighted by Gasteiger charge is -2.35. The minimum Gasteiger partial charge on any atom is -0.381 e. The van der Waals surface area contributed by atoms with Gasteiger partial charge in [-0.3, -0.25) is 0 Å². The first kappa shape index (κ1) is 14.9. The van der Waals surface area contributed by atoms with E-state index in [4.69, 9.17) is 14.5 Å². The van der Waals surface area contributed by atoms with E-state index in [0.717, 1.165) is 31.6 Å². The highest BCUT2D eigenvalue weighted by molar-refractivity contribution is 5.26. The van der Waals surface area contributed by atoms with E-state index in [0.29, 0.717) is 19.3 Å². The molecule has 0 spiro atoms. The Balaban J connectivity index is 1.91. The molecule has 0 amide bonds. The molecule has 1 unspecified atom stereocenters. The van der Waals surface area contributed by atoms with Gasteiger partial charge in [-0.2, -0.15) is 0 Å². The molecule has 1 N–H and O–H groups in total. The van der Waals surface area contributed by atoms with Gasteiger partial charge in [0, 0.05) is 56.7 Å². The number of ether oxygens (including phenoxy) is 2. The van der Waals surface area contributed by atoms with Crippen LogP contribution in [0.5, 0.6) is 0 Å². The number of fused-ring (bicyclic) bond motifs is 1. The van der Waals surface area contributed by atoms with E-state index in [2.05, 4.69) is 17.2 Å². The normalized spacial score (nSPS) is 24.6. The van der Waals surface area contributed by atoms with Crippen molar-refractivity contribution in [3.63, 3.8) is 0 Å². The van der Waals surface area contributed by atoms with Gasteiger partial charge in [0.1, 0.15) is 5.60 Å². The van der Waals surface area contributed by atoms with E-state index in [9.17, 15) is 0 Å². The number of methoxy groups -OCH3 is 1. The Kier molecular flexibility index (Phi) is 4.52. The van der Waals surface area contributed by atoms with Gasteiger partial charge in [-0.15, -0.1) is 0 Å². The average molecular weight is 291 g/mol. The summed E-state index contributed by atoms with van der Waals surface area (Å²) in [6.45, 7) is 4.55. The predicted octanol–water partition coefficient (Wildman–Crippen LogP) is 2.12. The van der Waals surface area contributed by atoms with Gasteiger partial charge in [-0.25, -0.2) is 9.97 Å². The summed E-state index contributed by atoms with van der Waals surface area (Å²) in [5.41, 5.74) is 2.10. The van der Waals surface area contributed by atoms with Crippen LogP contribution >= 0.6 is 0 Å². The zero-order valence-corrected chi connectivity index (χ0v) is 13.0. The largest absolute Gasteiger partial charge is 0.381 e. The van der Waals surface area contributed by atoms with Crippen LogP contribution in [0.3, 0.4) is 0 Å². The monoisotopic (exact) mass is 291 g/mol. The molecule has 2 heterocycles. The second kappa shape index (κ2) is 6.38. The van der Waals surface area contributed by atoms with E-state index in [1.165, 1.54) is 24.1 Å². The van der Waals surface area contributed by atoms with Gasteiger partial charge in [0.25, 0.3) is 0 Å². The maximum absolute atomic E-state index is 5.81. The Bertz CT molecular complexity index is 486. The molecule has 21 heavy (non-hydrogen) atoms. The maximum Gasteiger partial charge on any atom is 0.160 e. The number of hydrogen-bond donors (Lipinski definition) is 1. The molecule has 0 radical (unpaired) electrons. The van der Waals surface area contributed by atoms with E-state index in [-0.39, 0.29) is 5.60 Å². The highest BCUT2D eigenvalue weighted by atomic mass is 16.5. The van der Waals surface area contributed by atoms with Crippen molar-refractivity contribution < 1.29 is 9.47 Å². The molecule has 1 saturated heterocycles. The Morgan fingerprint density at radius 3 is 2.95 bits per heavy atom. The smallest absolute Gasteiger partial charge is 0.160 e. The van der Waals surface area contributed by atoms with E-state index in [1.807, 2.05) is 6.20 Å². The summed E-state index contributed by atoms with van der Waals surface area (Å²) in [4.78, 5) is 9.54. The minimum absolute atomic E-state index is 0.363. The fraction of sp³-hybridized carbons (Fsp3) is 0.750. The molecule has 1 aromatic rings. The molecule has 1 aromatic heterocycles. The van der Waals surface area contributed by atoms with Crippen LogP contribution in [0.25, 0.3) is 0 Å². The van der Waals surface area contributed by atoms with Gasteiger partial charge < -0.3 is 14.8 Å². The summed E-state index contributed by atoms with van der Waals surface area (Å²) in [5, 5.41) is 3.53. The Morgan fingerprint density at radius 1 is 1.43 bits per heavy atom. The molecule has 5 nitrogen and oxygen atoms in total. The zero-order chi connectivity index (χ0) is 14.7. The predicted molar refractivity (Wildman–Crippen MR) is 80.1 cm³/mol. The molecule has 116 valence electrons. The second-order valence-corrected chi connectivity index (χ2v) is 5.91. The summed E-state index contributed by atoms with van der Waals surface area (Å²) >= 11 is 0. The molecule has 2 aliphatic rings. The second-order valence-electron chi connectivity index (χ2n) is 5.91. The highest BCUT2D eigenvalue weighted by Gasteiger charge is 2.38. The molecular formula is C16H25N3O2. The first-order chi connectivity index (χ1) is 10.3. The summed E-state index contributed by atoms with van der Waals surface area (Å²) < 4.78 is 11.3. The first-order valence-corrected chi connectivity index (χ1v) is 8.01. The van der Waals surface area contributed by atoms with Crippen molar-refractivity contribution in [3.05, 3.63) is 23.3 Å². The minimum atomic E-state index is -0.363. The molecule has 5 heteroatoms. The van der Waals surface area contributed by atoms with Crippen LogP contribution in [0.2, 0.25) is 0 Å². The number of aromatic nitrogens is 2. The van der Waals surface area contributed by atoms with E-state index in [1.54, 1.807) is 7.11 Å². The standard InChI is InChI=1S/C16H25N3O2/c1-3-17-13-5-4-6-14-12(13)11-18-15(19-14)16(20-2)7-9-21-10-8-16/h11,13,17H,3-10H2,1-2H3. The van der Waals surface area contributed by atoms with Crippen LogP contribution in [-0.4, -0.2) is 36.8 Å². The number of aryl methyl sites for hydroxylation is 1. The van der Waals surface area contributed by atoms with E-state index >= 15 is 0 Å². The fourth-order valence-electron chi connectivity index (χ4n) is 3.44. The number of nitrogens with one attached hydrogen (secondary N) is 1. The number of hydrogen-bond acceptors (Lipinski definition) is 5. The third-order valence-electron chi connectivity index (χ3n) is 4.73. The molecule has 1 fully saturated rings. The van der Waals surface area contributed by atoms with Crippen LogP contribution in [0.15, 0.2) is 6.20 Å². The summed E-state index contributed by atoms with van der Waals surface area (Å²) in [7, 11) is 1.76. The van der Waals surface area contributed by atoms with Crippen LogP contribution in [0.4, 0.5) is 0 Å². The van der Waals surface area contributed by atoms with Crippen LogP contribution in [-0.2, 0) is 21.5 Å². The molecule has 3 rings (SSSR count). The summed E-state index contributed by atoms with van der Waals surface area (Å²) in [6, 6.07) is 0.404.